The fourth-order valence-electron chi connectivity index (χ4n) is 4.21. The summed E-state index contributed by atoms with van der Waals surface area (Å²) >= 11 is 0. The summed E-state index contributed by atoms with van der Waals surface area (Å²) in [4.78, 5) is 12.3. The lowest BCUT2D eigenvalue weighted by atomic mass is 9.71. The van der Waals surface area contributed by atoms with Gasteiger partial charge < -0.3 is 10.7 Å². The minimum absolute atomic E-state index is 0.0303. The van der Waals surface area contributed by atoms with Crippen LogP contribution in [0.2, 0.25) is 0 Å². The molecule has 0 aliphatic rings. The highest BCUT2D eigenvalue weighted by molar-refractivity contribution is 5.85. The van der Waals surface area contributed by atoms with E-state index in [9.17, 15) is 4.79 Å². The molecule has 1 atom stereocenters. The quantitative estimate of drug-likeness (QED) is 0.355. The third-order valence-corrected chi connectivity index (χ3v) is 6.47. The molecule has 0 spiro atoms. The number of amides is 1. The van der Waals surface area contributed by atoms with Crippen LogP contribution in [-0.4, -0.2) is 11.6 Å². The molecular formula is C29H34N2O. The van der Waals surface area contributed by atoms with Crippen LogP contribution in [0.1, 0.15) is 48.9 Å². The van der Waals surface area contributed by atoms with Crippen LogP contribution < -0.4 is 5.32 Å². The molecule has 166 valence electrons. The minimum Gasteiger partial charge on any atom is -0.352 e. The summed E-state index contributed by atoms with van der Waals surface area (Å²) in [5.41, 5.74) is 5.27. The number of hydrogen-bond acceptors (Lipinski definition) is 2. The normalized spacial score (nSPS) is 12.7. The number of aryl methyl sites for hydroxylation is 1. The summed E-state index contributed by atoms with van der Waals surface area (Å²) in [6.07, 6.45) is 4.12. The summed E-state index contributed by atoms with van der Waals surface area (Å²) in [5.74, 6) is 0.0303. The van der Waals surface area contributed by atoms with Crippen molar-refractivity contribution in [3.63, 3.8) is 0 Å². The van der Waals surface area contributed by atoms with E-state index in [-0.39, 0.29) is 11.3 Å². The molecule has 0 heterocycles. The average Bonchev–Trinajstić information content (AvgIpc) is 2.83. The van der Waals surface area contributed by atoms with Gasteiger partial charge in [0.2, 0.25) is 5.91 Å². The molecule has 0 aliphatic heterocycles. The van der Waals surface area contributed by atoms with Crippen molar-refractivity contribution >= 4 is 11.6 Å². The molecule has 0 aromatic heterocycles. The van der Waals surface area contributed by atoms with Gasteiger partial charge in [-0.3, -0.25) is 4.79 Å². The second kappa shape index (κ2) is 11.4. The van der Waals surface area contributed by atoms with E-state index in [1.54, 1.807) is 0 Å². The lowest BCUT2D eigenvalue weighted by molar-refractivity contribution is -0.120. The maximum absolute atomic E-state index is 12.3. The molecule has 0 bridgehead atoms. The lowest BCUT2D eigenvalue weighted by Crippen LogP contribution is -2.31. The highest BCUT2D eigenvalue weighted by Gasteiger charge is 2.30. The number of nitrogens with one attached hydrogen (secondary N) is 2. The van der Waals surface area contributed by atoms with Crippen LogP contribution in [0.4, 0.5) is 0 Å². The molecule has 1 unspecified atom stereocenters. The van der Waals surface area contributed by atoms with Crippen molar-refractivity contribution < 1.29 is 4.79 Å². The van der Waals surface area contributed by atoms with E-state index in [1.165, 1.54) is 11.1 Å². The molecule has 0 aliphatic carbocycles. The van der Waals surface area contributed by atoms with Gasteiger partial charge in [-0.05, 0) is 54.9 Å². The number of carbonyl (C=O) groups excluding carboxylic acids is 1. The molecule has 0 saturated heterocycles. The first-order valence-corrected chi connectivity index (χ1v) is 11.5. The fraction of sp³-hybridized carbons (Fsp3) is 0.310. The van der Waals surface area contributed by atoms with E-state index in [0.717, 1.165) is 42.5 Å². The molecule has 0 radical (unpaired) electrons. The summed E-state index contributed by atoms with van der Waals surface area (Å²) < 4.78 is 0. The van der Waals surface area contributed by atoms with E-state index < -0.39 is 0 Å². The topological polar surface area (TPSA) is 53.0 Å². The summed E-state index contributed by atoms with van der Waals surface area (Å²) in [6.45, 7) is 4.69. The van der Waals surface area contributed by atoms with Gasteiger partial charge in [-0.15, -0.1) is 0 Å². The van der Waals surface area contributed by atoms with Gasteiger partial charge in [0.05, 0.1) is 6.42 Å². The fourth-order valence-corrected chi connectivity index (χ4v) is 4.21. The molecular weight excluding hydrogens is 392 g/mol. The number of benzene rings is 3. The van der Waals surface area contributed by atoms with E-state index in [1.807, 2.05) is 55.5 Å². The van der Waals surface area contributed by atoms with Gasteiger partial charge in [0.15, 0.2) is 0 Å². The Morgan fingerprint density at radius 1 is 0.812 bits per heavy atom. The molecule has 0 fully saturated rings. The van der Waals surface area contributed by atoms with E-state index in [2.05, 4.69) is 48.6 Å². The van der Waals surface area contributed by atoms with E-state index in [4.69, 9.17) is 5.41 Å². The number of carbonyl (C=O) groups is 1. The van der Waals surface area contributed by atoms with Crippen LogP contribution in [0, 0.1) is 10.8 Å². The number of hydrogen-bond donors (Lipinski definition) is 2. The summed E-state index contributed by atoms with van der Waals surface area (Å²) in [5, 5.41) is 11.5. The van der Waals surface area contributed by atoms with Crippen molar-refractivity contribution in [2.24, 2.45) is 5.41 Å². The third kappa shape index (κ3) is 6.65. The molecule has 2 N–H and O–H groups in total. The first-order chi connectivity index (χ1) is 15.5. The van der Waals surface area contributed by atoms with Crippen molar-refractivity contribution in [3.05, 3.63) is 107 Å². The van der Waals surface area contributed by atoms with Gasteiger partial charge in [0, 0.05) is 17.7 Å². The van der Waals surface area contributed by atoms with Crippen molar-refractivity contribution in [3.8, 4) is 0 Å². The minimum atomic E-state index is -0.135. The smallest absolute Gasteiger partial charge is 0.224 e. The maximum atomic E-state index is 12.3. The van der Waals surface area contributed by atoms with E-state index in [0.29, 0.717) is 13.0 Å². The second-order valence-corrected chi connectivity index (χ2v) is 8.68. The van der Waals surface area contributed by atoms with Crippen molar-refractivity contribution in [1.82, 2.24) is 5.32 Å². The van der Waals surface area contributed by atoms with Gasteiger partial charge in [0.25, 0.3) is 0 Å². The zero-order valence-corrected chi connectivity index (χ0v) is 19.2. The molecule has 3 heteroatoms. The lowest BCUT2D eigenvalue weighted by Gasteiger charge is -2.33. The van der Waals surface area contributed by atoms with Gasteiger partial charge in [-0.2, -0.15) is 0 Å². The van der Waals surface area contributed by atoms with Crippen LogP contribution in [0.5, 0.6) is 0 Å². The maximum Gasteiger partial charge on any atom is 0.224 e. The predicted molar refractivity (Wildman–Crippen MR) is 133 cm³/mol. The SMILES string of the molecule is CCC(CCc1ccccc1)(Cc1ccc(CC(=O)NCc2ccccc2)cc1)C(C)=N. The molecule has 3 nitrogen and oxygen atoms in total. The Morgan fingerprint density at radius 2 is 1.38 bits per heavy atom. The molecule has 3 aromatic rings. The molecule has 1 amide bonds. The van der Waals surface area contributed by atoms with E-state index >= 15 is 0 Å². The van der Waals surface area contributed by atoms with Gasteiger partial charge in [-0.1, -0.05) is 91.9 Å². The average molecular weight is 427 g/mol. The Balaban J connectivity index is 1.59. The monoisotopic (exact) mass is 426 g/mol. The van der Waals surface area contributed by atoms with Crippen molar-refractivity contribution in [2.75, 3.05) is 0 Å². The predicted octanol–water partition coefficient (Wildman–Crippen LogP) is 6.16. The van der Waals surface area contributed by atoms with Crippen molar-refractivity contribution in [1.29, 1.82) is 5.41 Å². The van der Waals surface area contributed by atoms with Crippen LogP contribution in [0.25, 0.3) is 0 Å². The Kier molecular flexibility index (Phi) is 8.38. The Hall–Kier alpha value is -3.20. The molecule has 3 aromatic carbocycles. The first-order valence-electron chi connectivity index (χ1n) is 11.5. The first kappa shape index (κ1) is 23.5. The van der Waals surface area contributed by atoms with Gasteiger partial charge in [-0.25, -0.2) is 0 Å². The van der Waals surface area contributed by atoms with Gasteiger partial charge in [0.1, 0.15) is 0 Å². The van der Waals surface area contributed by atoms with Crippen LogP contribution in [0.15, 0.2) is 84.9 Å². The standard InChI is InChI=1S/C29H34N2O/c1-3-29(23(2)30,19-18-24-10-6-4-7-11-24)21-26-16-14-25(15-17-26)20-28(32)31-22-27-12-8-5-9-13-27/h4-17,30H,3,18-22H2,1-2H3,(H,31,32). The zero-order chi connectivity index (χ0) is 22.8. The zero-order valence-electron chi connectivity index (χ0n) is 19.2. The molecule has 0 saturated carbocycles. The summed E-state index contributed by atoms with van der Waals surface area (Å²) in [6, 6.07) is 28.8. The van der Waals surface area contributed by atoms with Crippen molar-refractivity contribution in [2.45, 2.75) is 52.5 Å². The third-order valence-electron chi connectivity index (χ3n) is 6.47. The highest BCUT2D eigenvalue weighted by Crippen LogP contribution is 2.34. The van der Waals surface area contributed by atoms with Crippen LogP contribution in [-0.2, 0) is 30.6 Å². The molecule has 3 rings (SSSR count). The largest absolute Gasteiger partial charge is 0.352 e. The Bertz CT molecular complexity index is 996. The van der Waals surface area contributed by atoms with Crippen LogP contribution in [0.3, 0.4) is 0 Å². The summed E-state index contributed by atoms with van der Waals surface area (Å²) in [7, 11) is 0. The van der Waals surface area contributed by atoms with Crippen LogP contribution >= 0.6 is 0 Å². The second-order valence-electron chi connectivity index (χ2n) is 8.68. The number of rotatable bonds is 11. The highest BCUT2D eigenvalue weighted by atomic mass is 16.1. The molecule has 32 heavy (non-hydrogen) atoms. The van der Waals surface area contributed by atoms with Gasteiger partial charge >= 0.3 is 0 Å². The Morgan fingerprint density at radius 3 is 1.94 bits per heavy atom. The Labute approximate surface area is 192 Å².